The minimum absolute atomic E-state index is 0.0928. The van der Waals surface area contributed by atoms with Crippen molar-refractivity contribution in [2.45, 2.75) is 19.5 Å². The van der Waals surface area contributed by atoms with Gasteiger partial charge < -0.3 is 15.4 Å². The first kappa shape index (κ1) is 17.3. The first-order chi connectivity index (χ1) is 12.5. The van der Waals surface area contributed by atoms with E-state index >= 15 is 0 Å². The van der Waals surface area contributed by atoms with E-state index in [9.17, 15) is 19.3 Å². The van der Waals surface area contributed by atoms with E-state index in [1.165, 1.54) is 29.1 Å². The Balaban J connectivity index is 1.51. The zero-order valence-corrected chi connectivity index (χ0v) is 13.6. The van der Waals surface area contributed by atoms with Gasteiger partial charge in [0.1, 0.15) is 5.82 Å². The number of anilines is 1. The van der Waals surface area contributed by atoms with Crippen molar-refractivity contribution in [3.8, 4) is 0 Å². The Morgan fingerprint density at radius 3 is 2.73 bits per heavy atom. The zero-order valence-electron chi connectivity index (χ0n) is 13.6. The number of nitro groups is 1. The van der Waals surface area contributed by atoms with Crippen molar-refractivity contribution < 1.29 is 14.1 Å². The predicted octanol–water partition coefficient (Wildman–Crippen LogP) is 2.20. The van der Waals surface area contributed by atoms with Gasteiger partial charge in [0.2, 0.25) is 5.91 Å². The maximum Gasteiger partial charge on any atom is 0.389 e. The topological polar surface area (TPSA) is 108 Å². The normalized spacial score (nSPS) is 10.7. The van der Waals surface area contributed by atoms with E-state index in [1.54, 1.807) is 29.1 Å². The Hall–Kier alpha value is -3.56. The first-order valence-corrected chi connectivity index (χ1v) is 7.75. The van der Waals surface area contributed by atoms with Crippen LogP contribution in [0, 0.1) is 15.9 Å². The van der Waals surface area contributed by atoms with Crippen LogP contribution in [0.15, 0.2) is 48.8 Å². The molecule has 2 aromatic heterocycles. The Morgan fingerprint density at radius 1 is 1.19 bits per heavy atom. The average molecular weight is 358 g/mol. The molecule has 0 aliphatic carbocycles. The highest BCUT2D eigenvalue weighted by atomic mass is 19.1. The van der Waals surface area contributed by atoms with Crippen LogP contribution < -0.4 is 5.32 Å². The molecule has 3 rings (SSSR count). The van der Waals surface area contributed by atoms with E-state index in [-0.39, 0.29) is 30.5 Å². The molecule has 26 heavy (non-hydrogen) atoms. The number of hydrogen-bond donors (Lipinski definition) is 1. The summed E-state index contributed by atoms with van der Waals surface area (Å²) in [4.78, 5) is 21.9. The SMILES string of the molecule is O=C(CCn1ccc([N+](=O)[O-])n1)Nc1ccn(Cc2cccc(F)c2)n1. The molecule has 1 aromatic carbocycles. The second kappa shape index (κ2) is 7.55. The van der Waals surface area contributed by atoms with Crippen molar-refractivity contribution in [1.29, 1.82) is 0 Å². The van der Waals surface area contributed by atoms with Gasteiger partial charge in [-0.2, -0.15) is 9.78 Å². The number of aryl methyl sites for hydroxylation is 1. The van der Waals surface area contributed by atoms with Crippen LogP contribution in [0.2, 0.25) is 0 Å². The van der Waals surface area contributed by atoms with Crippen LogP contribution in [0.25, 0.3) is 0 Å². The molecule has 1 N–H and O–H groups in total. The lowest BCUT2D eigenvalue weighted by molar-refractivity contribution is -0.389. The van der Waals surface area contributed by atoms with Gasteiger partial charge >= 0.3 is 5.82 Å². The van der Waals surface area contributed by atoms with Crippen molar-refractivity contribution in [1.82, 2.24) is 19.6 Å². The second-order valence-corrected chi connectivity index (χ2v) is 5.52. The number of carbonyl (C=O) groups is 1. The maximum atomic E-state index is 13.2. The average Bonchev–Trinajstić information content (AvgIpc) is 3.23. The molecule has 1 amide bonds. The Bertz CT molecular complexity index is 935. The summed E-state index contributed by atoms with van der Waals surface area (Å²) in [6.07, 6.45) is 3.21. The standard InChI is InChI=1S/C16H15FN6O3/c17-13-3-1-2-12(10-13)11-22-7-4-14(19-22)18-16(24)6-9-21-8-5-15(20-21)23(25)26/h1-5,7-8,10H,6,9,11H2,(H,18,19,24). The van der Waals surface area contributed by atoms with Crippen molar-refractivity contribution in [2.75, 3.05) is 5.32 Å². The molecule has 0 saturated heterocycles. The fourth-order valence-electron chi connectivity index (χ4n) is 2.33. The minimum Gasteiger partial charge on any atom is -0.358 e. The zero-order chi connectivity index (χ0) is 18.5. The highest BCUT2D eigenvalue weighted by molar-refractivity contribution is 5.89. The molecule has 134 valence electrons. The monoisotopic (exact) mass is 358 g/mol. The number of aromatic nitrogens is 4. The van der Waals surface area contributed by atoms with Gasteiger partial charge in [0, 0.05) is 18.7 Å². The molecule has 2 heterocycles. The fraction of sp³-hybridized carbons (Fsp3) is 0.188. The van der Waals surface area contributed by atoms with Crippen molar-refractivity contribution in [3.05, 3.63) is 70.3 Å². The third-order valence-electron chi connectivity index (χ3n) is 3.52. The molecule has 10 heteroatoms. The van der Waals surface area contributed by atoms with E-state index in [2.05, 4.69) is 15.5 Å². The molecule has 3 aromatic rings. The molecular formula is C16H15FN6O3. The number of amides is 1. The van der Waals surface area contributed by atoms with E-state index in [1.807, 2.05) is 0 Å². The van der Waals surface area contributed by atoms with Gasteiger partial charge in [0.05, 0.1) is 30.5 Å². The van der Waals surface area contributed by atoms with Crippen LogP contribution in [0.5, 0.6) is 0 Å². The van der Waals surface area contributed by atoms with E-state index < -0.39 is 4.92 Å². The van der Waals surface area contributed by atoms with Crippen molar-refractivity contribution in [3.63, 3.8) is 0 Å². The molecule has 0 unspecified atom stereocenters. The Kier molecular flexibility index (Phi) is 5.02. The van der Waals surface area contributed by atoms with E-state index in [0.717, 1.165) is 5.56 Å². The van der Waals surface area contributed by atoms with Crippen LogP contribution in [0.1, 0.15) is 12.0 Å². The number of nitrogens with zero attached hydrogens (tertiary/aromatic N) is 5. The third-order valence-corrected chi connectivity index (χ3v) is 3.52. The Morgan fingerprint density at radius 2 is 2.00 bits per heavy atom. The van der Waals surface area contributed by atoms with Crippen LogP contribution in [0.3, 0.4) is 0 Å². The maximum absolute atomic E-state index is 13.2. The quantitative estimate of drug-likeness (QED) is 0.514. The van der Waals surface area contributed by atoms with Crippen LogP contribution in [-0.4, -0.2) is 30.4 Å². The van der Waals surface area contributed by atoms with E-state index in [4.69, 9.17) is 0 Å². The number of carbonyl (C=O) groups excluding carboxylic acids is 1. The molecule has 0 aliphatic heterocycles. The van der Waals surface area contributed by atoms with Gasteiger partial charge in [-0.3, -0.25) is 9.48 Å². The summed E-state index contributed by atoms with van der Waals surface area (Å²) in [7, 11) is 0. The molecule has 0 spiro atoms. The molecule has 0 atom stereocenters. The lowest BCUT2D eigenvalue weighted by Gasteiger charge is -2.03. The van der Waals surface area contributed by atoms with E-state index in [0.29, 0.717) is 12.4 Å². The number of nitrogens with one attached hydrogen (secondary N) is 1. The second-order valence-electron chi connectivity index (χ2n) is 5.52. The fourth-order valence-corrected chi connectivity index (χ4v) is 2.33. The summed E-state index contributed by atoms with van der Waals surface area (Å²) in [6, 6.07) is 9.10. The molecule has 0 fully saturated rings. The summed E-state index contributed by atoms with van der Waals surface area (Å²) in [5.74, 6) is -0.499. The van der Waals surface area contributed by atoms with Crippen LogP contribution in [-0.2, 0) is 17.9 Å². The smallest absolute Gasteiger partial charge is 0.358 e. The van der Waals surface area contributed by atoms with Gasteiger partial charge in [0.25, 0.3) is 0 Å². The minimum atomic E-state index is -0.595. The molecule has 0 saturated carbocycles. The molecule has 0 aliphatic rings. The highest BCUT2D eigenvalue weighted by Crippen LogP contribution is 2.09. The number of rotatable bonds is 7. The van der Waals surface area contributed by atoms with Gasteiger partial charge in [0.15, 0.2) is 5.82 Å². The van der Waals surface area contributed by atoms with Crippen molar-refractivity contribution in [2.24, 2.45) is 0 Å². The third kappa shape index (κ3) is 4.50. The lowest BCUT2D eigenvalue weighted by Crippen LogP contribution is -2.15. The van der Waals surface area contributed by atoms with Crippen LogP contribution in [0.4, 0.5) is 16.0 Å². The van der Waals surface area contributed by atoms with Crippen LogP contribution >= 0.6 is 0 Å². The predicted molar refractivity (Wildman–Crippen MR) is 89.9 cm³/mol. The summed E-state index contributed by atoms with van der Waals surface area (Å²) in [5, 5.41) is 21.1. The lowest BCUT2D eigenvalue weighted by atomic mass is 10.2. The summed E-state index contributed by atoms with van der Waals surface area (Å²) in [5.41, 5.74) is 0.756. The summed E-state index contributed by atoms with van der Waals surface area (Å²) < 4.78 is 16.1. The van der Waals surface area contributed by atoms with Gasteiger partial charge in [-0.1, -0.05) is 12.1 Å². The van der Waals surface area contributed by atoms with Crippen molar-refractivity contribution >= 4 is 17.5 Å². The number of benzene rings is 1. The highest BCUT2D eigenvalue weighted by Gasteiger charge is 2.12. The van der Waals surface area contributed by atoms with Gasteiger partial charge in [-0.15, -0.1) is 0 Å². The molecule has 0 bridgehead atoms. The largest absolute Gasteiger partial charge is 0.389 e. The number of hydrogen-bond acceptors (Lipinski definition) is 5. The summed E-state index contributed by atoms with van der Waals surface area (Å²) >= 11 is 0. The summed E-state index contributed by atoms with van der Waals surface area (Å²) in [6.45, 7) is 0.592. The first-order valence-electron chi connectivity index (χ1n) is 7.75. The molecule has 0 radical (unpaired) electrons. The number of halogens is 1. The molecular weight excluding hydrogens is 343 g/mol. The van der Waals surface area contributed by atoms with Gasteiger partial charge in [-0.05, 0) is 22.6 Å². The Labute approximate surface area is 147 Å². The van der Waals surface area contributed by atoms with Gasteiger partial charge in [-0.25, -0.2) is 4.39 Å². The molecule has 9 nitrogen and oxygen atoms in total.